The second-order valence-corrected chi connectivity index (χ2v) is 10.5. The summed E-state index contributed by atoms with van der Waals surface area (Å²) in [7, 11) is 0. The fourth-order valence-corrected chi connectivity index (χ4v) is 4.64. The molecule has 3 heteroatoms. The summed E-state index contributed by atoms with van der Waals surface area (Å²) in [4.78, 5) is 11.6. The number of hydrogen-bond acceptors (Lipinski definition) is 2. The van der Waals surface area contributed by atoms with Crippen molar-refractivity contribution < 1.29 is 9.90 Å². The van der Waals surface area contributed by atoms with Gasteiger partial charge in [0.2, 0.25) is 5.91 Å². The molecule has 0 aromatic heterocycles. The van der Waals surface area contributed by atoms with E-state index in [2.05, 4.69) is 12.2 Å². The maximum atomic E-state index is 11.6. The van der Waals surface area contributed by atoms with Crippen molar-refractivity contribution >= 4 is 5.91 Å². The molecule has 0 aliphatic rings. The molecule has 0 spiro atoms. The lowest BCUT2D eigenvalue weighted by Gasteiger charge is -2.10. The first-order valence-electron chi connectivity index (χ1n) is 15.1. The Bertz CT molecular complexity index is 385. The third-order valence-electron chi connectivity index (χ3n) is 6.94. The molecule has 3 nitrogen and oxygen atoms in total. The fraction of sp³-hybridized carbons (Fsp3) is 0.967. The van der Waals surface area contributed by atoms with Crippen LogP contribution in [0.3, 0.4) is 0 Å². The highest BCUT2D eigenvalue weighted by molar-refractivity contribution is 5.76. The smallest absolute Gasteiger partial charge is 0.220 e. The van der Waals surface area contributed by atoms with Crippen LogP contribution < -0.4 is 5.32 Å². The highest BCUT2D eigenvalue weighted by Crippen LogP contribution is 2.15. The van der Waals surface area contributed by atoms with Crippen LogP contribution in [-0.2, 0) is 4.79 Å². The van der Waals surface area contributed by atoms with Crippen molar-refractivity contribution in [3.63, 3.8) is 0 Å². The second kappa shape index (κ2) is 27.7. The maximum Gasteiger partial charge on any atom is 0.220 e. The predicted octanol–water partition coefficient (Wildman–Crippen LogP) is 9.26. The van der Waals surface area contributed by atoms with Crippen molar-refractivity contribution in [2.24, 2.45) is 0 Å². The molecule has 0 bridgehead atoms. The monoisotopic (exact) mass is 467 g/mol. The minimum absolute atomic E-state index is 0.0190. The van der Waals surface area contributed by atoms with Gasteiger partial charge in [-0.25, -0.2) is 0 Å². The van der Waals surface area contributed by atoms with Gasteiger partial charge in [-0.1, -0.05) is 155 Å². The summed E-state index contributed by atoms with van der Waals surface area (Å²) in [5.41, 5.74) is 0. The van der Waals surface area contributed by atoms with E-state index in [1.165, 1.54) is 141 Å². The summed E-state index contributed by atoms with van der Waals surface area (Å²) in [5, 5.41) is 11.7. The molecule has 0 rings (SSSR count). The van der Waals surface area contributed by atoms with Crippen molar-refractivity contribution in [3.8, 4) is 0 Å². The molecule has 0 fully saturated rings. The quantitative estimate of drug-likeness (QED) is 0.118. The first-order chi connectivity index (χ1) is 16.2. The number of amides is 1. The zero-order valence-corrected chi connectivity index (χ0v) is 22.8. The van der Waals surface area contributed by atoms with Gasteiger partial charge in [0.15, 0.2) is 0 Å². The SMILES string of the molecule is CCCCCCCCCCCCCCCCCCCCCCCCCCC(=O)NC(C)CO. The van der Waals surface area contributed by atoms with Crippen LogP contribution in [0.2, 0.25) is 0 Å². The molecular weight excluding hydrogens is 406 g/mol. The lowest BCUT2D eigenvalue weighted by molar-refractivity contribution is -0.122. The van der Waals surface area contributed by atoms with Gasteiger partial charge in [0.05, 0.1) is 6.61 Å². The molecule has 0 radical (unpaired) electrons. The minimum atomic E-state index is -0.119. The summed E-state index contributed by atoms with van der Waals surface area (Å²) < 4.78 is 0. The van der Waals surface area contributed by atoms with Crippen LogP contribution in [0.1, 0.15) is 174 Å². The predicted molar refractivity (Wildman–Crippen MR) is 146 cm³/mol. The number of aliphatic hydroxyl groups is 1. The van der Waals surface area contributed by atoms with Gasteiger partial charge >= 0.3 is 0 Å². The summed E-state index contributed by atoms with van der Waals surface area (Å²) in [5.74, 6) is 0.0790. The third kappa shape index (κ3) is 27.6. The molecule has 0 heterocycles. The largest absolute Gasteiger partial charge is 0.394 e. The van der Waals surface area contributed by atoms with Crippen LogP contribution >= 0.6 is 0 Å². The highest BCUT2D eigenvalue weighted by Gasteiger charge is 2.05. The summed E-state index contributed by atoms with van der Waals surface area (Å²) in [6, 6.07) is -0.119. The number of carbonyl (C=O) groups excluding carboxylic acids is 1. The molecule has 0 saturated heterocycles. The Kier molecular flexibility index (Phi) is 27.2. The van der Waals surface area contributed by atoms with Crippen molar-refractivity contribution in [1.82, 2.24) is 5.32 Å². The number of hydrogen-bond donors (Lipinski definition) is 2. The lowest BCUT2D eigenvalue weighted by atomic mass is 10.0. The van der Waals surface area contributed by atoms with E-state index < -0.39 is 0 Å². The van der Waals surface area contributed by atoms with Gasteiger partial charge in [-0.3, -0.25) is 4.79 Å². The standard InChI is InChI=1S/C30H61NO2/c1-3-4-5-6-7-8-9-10-11-12-13-14-15-16-17-18-19-20-21-22-23-24-25-26-27-30(33)31-29(2)28-32/h29,32H,3-28H2,1-2H3,(H,31,33). The average molecular weight is 468 g/mol. The van der Waals surface area contributed by atoms with Gasteiger partial charge in [-0.2, -0.15) is 0 Å². The van der Waals surface area contributed by atoms with Gasteiger partial charge in [0, 0.05) is 12.5 Å². The van der Waals surface area contributed by atoms with Crippen LogP contribution in [-0.4, -0.2) is 23.7 Å². The zero-order valence-electron chi connectivity index (χ0n) is 22.8. The van der Waals surface area contributed by atoms with Crippen LogP contribution in [0.15, 0.2) is 0 Å². The molecule has 2 N–H and O–H groups in total. The minimum Gasteiger partial charge on any atom is -0.394 e. The van der Waals surface area contributed by atoms with Crippen LogP contribution in [0.5, 0.6) is 0 Å². The van der Waals surface area contributed by atoms with Gasteiger partial charge in [-0.15, -0.1) is 0 Å². The Balaban J connectivity index is 3.08. The maximum absolute atomic E-state index is 11.6. The number of nitrogens with one attached hydrogen (secondary N) is 1. The first kappa shape index (κ1) is 32.4. The highest BCUT2D eigenvalue weighted by atomic mass is 16.3. The van der Waals surface area contributed by atoms with Crippen LogP contribution in [0, 0.1) is 0 Å². The number of aliphatic hydroxyl groups excluding tert-OH is 1. The Morgan fingerprint density at radius 2 is 0.818 bits per heavy atom. The molecule has 1 amide bonds. The van der Waals surface area contributed by atoms with Crippen LogP contribution in [0.4, 0.5) is 0 Å². The van der Waals surface area contributed by atoms with Gasteiger partial charge in [0.1, 0.15) is 0 Å². The molecule has 0 aliphatic carbocycles. The second-order valence-electron chi connectivity index (χ2n) is 10.5. The molecule has 198 valence electrons. The molecule has 0 aromatic rings. The molecule has 0 aliphatic heterocycles. The first-order valence-corrected chi connectivity index (χ1v) is 15.1. The van der Waals surface area contributed by atoms with Crippen molar-refractivity contribution in [2.75, 3.05) is 6.61 Å². The van der Waals surface area contributed by atoms with E-state index in [4.69, 9.17) is 5.11 Å². The van der Waals surface area contributed by atoms with E-state index >= 15 is 0 Å². The van der Waals surface area contributed by atoms with E-state index in [0.717, 1.165) is 12.8 Å². The van der Waals surface area contributed by atoms with E-state index in [0.29, 0.717) is 6.42 Å². The summed E-state index contributed by atoms with van der Waals surface area (Å²) >= 11 is 0. The van der Waals surface area contributed by atoms with E-state index in [9.17, 15) is 4.79 Å². The fourth-order valence-electron chi connectivity index (χ4n) is 4.64. The van der Waals surface area contributed by atoms with Gasteiger partial charge < -0.3 is 10.4 Å². The number of unbranched alkanes of at least 4 members (excludes halogenated alkanes) is 23. The molecule has 33 heavy (non-hydrogen) atoms. The summed E-state index contributed by atoms with van der Waals surface area (Å²) in [6.45, 7) is 4.14. The van der Waals surface area contributed by atoms with Crippen molar-refractivity contribution in [2.45, 2.75) is 180 Å². The number of rotatable bonds is 27. The Morgan fingerprint density at radius 3 is 1.09 bits per heavy atom. The number of carbonyl (C=O) groups is 1. The zero-order chi connectivity index (χ0) is 24.2. The van der Waals surface area contributed by atoms with E-state index in [1.54, 1.807) is 0 Å². The third-order valence-corrected chi connectivity index (χ3v) is 6.94. The van der Waals surface area contributed by atoms with E-state index in [-0.39, 0.29) is 18.6 Å². The molecule has 1 atom stereocenters. The molecular formula is C30H61NO2. The van der Waals surface area contributed by atoms with Crippen molar-refractivity contribution in [3.05, 3.63) is 0 Å². The Labute approximate surface area is 208 Å². The Morgan fingerprint density at radius 1 is 0.545 bits per heavy atom. The Hall–Kier alpha value is -0.570. The van der Waals surface area contributed by atoms with Crippen molar-refractivity contribution in [1.29, 1.82) is 0 Å². The average Bonchev–Trinajstić information content (AvgIpc) is 2.81. The summed E-state index contributed by atoms with van der Waals surface area (Å²) in [6.07, 6.45) is 34.0. The lowest BCUT2D eigenvalue weighted by Crippen LogP contribution is -2.34. The van der Waals surface area contributed by atoms with Crippen LogP contribution in [0.25, 0.3) is 0 Å². The normalized spacial score (nSPS) is 12.2. The topological polar surface area (TPSA) is 49.3 Å². The van der Waals surface area contributed by atoms with E-state index in [1.807, 2.05) is 6.92 Å². The molecule has 1 unspecified atom stereocenters. The van der Waals surface area contributed by atoms with Gasteiger partial charge in [-0.05, 0) is 13.3 Å². The molecule has 0 saturated carbocycles. The van der Waals surface area contributed by atoms with Gasteiger partial charge in [0.25, 0.3) is 0 Å². The molecule has 0 aromatic carbocycles.